The largest absolute Gasteiger partial charge is 0.373 e. The Labute approximate surface area is 169 Å². The molecule has 2 aromatic heterocycles. The minimum absolute atomic E-state index is 0.0513. The lowest BCUT2D eigenvalue weighted by Crippen LogP contribution is -2.23. The second-order valence-corrected chi connectivity index (χ2v) is 9.20. The van der Waals surface area contributed by atoms with Crippen LogP contribution in [0.15, 0.2) is 52.0 Å². The molecule has 29 heavy (non-hydrogen) atoms. The van der Waals surface area contributed by atoms with Crippen molar-refractivity contribution in [2.24, 2.45) is 0 Å². The number of aromatic nitrogens is 3. The molecular formula is C20H23N5O3S. The van der Waals surface area contributed by atoms with E-state index in [4.69, 9.17) is 4.52 Å². The topological polar surface area (TPSA) is 101 Å². The zero-order valence-electron chi connectivity index (χ0n) is 16.4. The molecule has 1 N–H and O–H groups in total. The molecule has 0 bridgehead atoms. The van der Waals surface area contributed by atoms with Gasteiger partial charge in [0.1, 0.15) is 5.82 Å². The van der Waals surface area contributed by atoms with Gasteiger partial charge in [-0.25, -0.2) is 13.4 Å². The maximum Gasteiger partial charge on any atom is 0.244 e. The summed E-state index contributed by atoms with van der Waals surface area (Å²) >= 11 is 0. The first-order chi connectivity index (χ1) is 13.9. The standard InChI is InChI=1S/C20H23N5O3S/c1-21-18-10-7-15(12-22-18)19-23-20(28-24-19)17-4-3-11-25(17)13-14-5-8-16(9-6-14)29(2,26)27/h5-10,12,17H,3-4,11,13H2,1-2H3,(H,21,22)/t17-/m0/s1. The lowest BCUT2D eigenvalue weighted by Gasteiger charge is -2.21. The van der Waals surface area contributed by atoms with Crippen LogP contribution in [0, 0.1) is 0 Å². The highest BCUT2D eigenvalue weighted by Crippen LogP contribution is 2.33. The number of pyridine rings is 1. The Morgan fingerprint density at radius 1 is 1.21 bits per heavy atom. The number of benzene rings is 1. The lowest BCUT2D eigenvalue weighted by molar-refractivity contribution is 0.201. The SMILES string of the molecule is CNc1ccc(-c2noc([C@@H]3CCCN3Cc3ccc(S(C)(=O)=O)cc3)n2)cn1. The van der Waals surface area contributed by atoms with Crippen molar-refractivity contribution in [1.29, 1.82) is 0 Å². The van der Waals surface area contributed by atoms with Gasteiger partial charge in [0.25, 0.3) is 0 Å². The van der Waals surface area contributed by atoms with Crippen molar-refractivity contribution in [2.75, 3.05) is 25.2 Å². The number of hydrogen-bond donors (Lipinski definition) is 1. The van der Waals surface area contributed by atoms with Gasteiger partial charge in [-0.3, -0.25) is 4.90 Å². The van der Waals surface area contributed by atoms with E-state index in [-0.39, 0.29) is 6.04 Å². The first-order valence-electron chi connectivity index (χ1n) is 9.45. The van der Waals surface area contributed by atoms with Gasteiger partial charge in [-0.15, -0.1) is 0 Å². The van der Waals surface area contributed by atoms with Crippen molar-refractivity contribution in [1.82, 2.24) is 20.0 Å². The fourth-order valence-electron chi connectivity index (χ4n) is 3.53. The number of likely N-dealkylation sites (tertiary alicyclic amines) is 1. The second kappa shape index (κ2) is 7.92. The maximum atomic E-state index is 11.6. The van der Waals surface area contributed by atoms with Crippen LogP contribution in [0.3, 0.4) is 0 Å². The molecule has 152 valence electrons. The Kier molecular flexibility index (Phi) is 5.33. The predicted octanol–water partition coefficient (Wildman–Crippen LogP) is 2.91. The molecule has 0 unspecified atom stereocenters. The molecule has 8 nitrogen and oxygen atoms in total. The van der Waals surface area contributed by atoms with Crippen molar-refractivity contribution in [3.63, 3.8) is 0 Å². The first kappa shape index (κ1) is 19.5. The highest BCUT2D eigenvalue weighted by Gasteiger charge is 2.31. The number of anilines is 1. The monoisotopic (exact) mass is 413 g/mol. The fraction of sp³-hybridized carbons (Fsp3) is 0.350. The second-order valence-electron chi connectivity index (χ2n) is 7.18. The Hall–Kier alpha value is -2.78. The van der Waals surface area contributed by atoms with E-state index in [1.54, 1.807) is 18.3 Å². The molecular weight excluding hydrogens is 390 g/mol. The Balaban J connectivity index is 1.49. The molecule has 1 fully saturated rings. The molecule has 9 heteroatoms. The van der Waals surface area contributed by atoms with Gasteiger partial charge in [0, 0.05) is 31.6 Å². The molecule has 0 aliphatic carbocycles. The summed E-state index contributed by atoms with van der Waals surface area (Å²) in [7, 11) is -1.37. The quantitative estimate of drug-likeness (QED) is 0.658. The van der Waals surface area contributed by atoms with E-state index in [0.29, 0.717) is 23.2 Å². The summed E-state index contributed by atoms with van der Waals surface area (Å²) in [5.41, 5.74) is 1.86. The molecule has 1 aromatic carbocycles. The van der Waals surface area contributed by atoms with Gasteiger partial charge in [-0.2, -0.15) is 4.98 Å². The van der Waals surface area contributed by atoms with Crippen molar-refractivity contribution in [3.8, 4) is 11.4 Å². The van der Waals surface area contributed by atoms with Crippen molar-refractivity contribution >= 4 is 15.7 Å². The van der Waals surface area contributed by atoms with Gasteiger partial charge in [-0.05, 0) is 49.2 Å². The molecule has 0 saturated carbocycles. The third-order valence-corrected chi connectivity index (χ3v) is 6.23. The Morgan fingerprint density at radius 3 is 2.66 bits per heavy atom. The van der Waals surface area contributed by atoms with Gasteiger partial charge >= 0.3 is 0 Å². The summed E-state index contributed by atoms with van der Waals surface area (Å²) in [6.45, 7) is 1.62. The van der Waals surface area contributed by atoms with E-state index in [2.05, 4.69) is 25.3 Å². The molecule has 0 spiro atoms. The molecule has 3 aromatic rings. The third-order valence-electron chi connectivity index (χ3n) is 5.11. The van der Waals surface area contributed by atoms with Crippen LogP contribution < -0.4 is 5.32 Å². The van der Waals surface area contributed by atoms with Gasteiger partial charge in [0.15, 0.2) is 9.84 Å². The van der Waals surface area contributed by atoms with E-state index in [1.807, 2.05) is 31.3 Å². The summed E-state index contributed by atoms with van der Waals surface area (Å²) < 4.78 is 28.8. The van der Waals surface area contributed by atoms with Crippen LogP contribution in [0.2, 0.25) is 0 Å². The van der Waals surface area contributed by atoms with Gasteiger partial charge in [0.2, 0.25) is 11.7 Å². The highest BCUT2D eigenvalue weighted by atomic mass is 32.2. The fourth-order valence-corrected chi connectivity index (χ4v) is 4.16. The average molecular weight is 414 g/mol. The van der Waals surface area contributed by atoms with Crippen LogP contribution in [0.25, 0.3) is 11.4 Å². The van der Waals surface area contributed by atoms with E-state index in [1.165, 1.54) is 6.26 Å². The van der Waals surface area contributed by atoms with Crippen LogP contribution >= 0.6 is 0 Å². The molecule has 3 heterocycles. The zero-order valence-corrected chi connectivity index (χ0v) is 17.2. The van der Waals surface area contributed by atoms with Gasteiger partial charge < -0.3 is 9.84 Å². The number of rotatable bonds is 6. The van der Waals surface area contributed by atoms with E-state index < -0.39 is 9.84 Å². The zero-order chi connectivity index (χ0) is 20.4. The molecule has 0 amide bonds. The average Bonchev–Trinajstić information content (AvgIpc) is 3.37. The summed E-state index contributed by atoms with van der Waals surface area (Å²) in [5.74, 6) is 1.91. The van der Waals surface area contributed by atoms with Crippen LogP contribution in [-0.4, -0.2) is 48.3 Å². The summed E-state index contributed by atoms with van der Waals surface area (Å²) in [6.07, 6.45) is 4.92. The number of nitrogens with zero attached hydrogens (tertiary/aromatic N) is 4. The maximum absolute atomic E-state index is 11.6. The minimum Gasteiger partial charge on any atom is -0.373 e. The summed E-state index contributed by atoms with van der Waals surface area (Å²) in [4.78, 5) is 11.5. The third kappa shape index (κ3) is 4.30. The summed E-state index contributed by atoms with van der Waals surface area (Å²) in [6, 6.07) is 10.9. The van der Waals surface area contributed by atoms with Crippen LogP contribution in [0.5, 0.6) is 0 Å². The molecule has 4 rings (SSSR count). The Bertz CT molecular complexity index is 1080. The van der Waals surface area contributed by atoms with Crippen LogP contribution in [0.4, 0.5) is 5.82 Å². The predicted molar refractivity (Wildman–Crippen MR) is 109 cm³/mol. The molecule has 1 saturated heterocycles. The minimum atomic E-state index is -3.18. The van der Waals surface area contributed by atoms with E-state index in [0.717, 1.165) is 36.3 Å². The lowest BCUT2D eigenvalue weighted by atomic mass is 10.2. The van der Waals surface area contributed by atoms with Crippen molar-refractivity contribution in [3.05, 3.63) is 54.0 Å². The van der Waals surface area contributed by atoms with Crippen LogP contribution in [0.1, 0.15) is 30.3 Å². The molecule has 0 radical (unpaired) electrons. The van der Waals surface area contributed by atoms with E-state index in [9.17, 15) is 8.42 Å². The number of hydrogen-bond acceptors (Lipinski definition) is 8. The molecule has 1 aliphatic rings. The highest BCUT2D eigenvalue weighted by molar-refractivity contribution is 7.90. The first-order valence-corrected chi connectivity index (χ1v) is 11.3. The number of nitrogens with one attached hydrogen (secondary N) is 1. The van der Waals surface area contributed by atoms with Crippen molar-refractivity contribution < 1.29 is 12.9 Å². The smallest absolute Gasteiger partial charge is 0.244 e. The Morgan fingerprint density at radius 2 is 2.00 bits per heavy atom. The van der Waals surface area contributed by atoms with Crippen LogP contribution in [-0.2, 0) is 16.4 Å². The summed E-state index contributed by atoms with van der Waals surface area (Å²) in [5, 5.41) is 7.11. The van der Waals surface area contributed by atoms with Crippen molar-refractivity contribution in [2.45, 2.75) is 30.3 Å². The normalized spacial score (nSPS) is 17.5. The van der Waals surface area contributed by atoms with Gasteiger partial charge in [-0.1, -0.05) is 17.3 Å². The molecule has 1 atom stereocenters. The molecule has 1 aliphatic heterocycles. The number of sulfone groups is 1. The van der Waals surface area contributed by atoms with E-state index >= 15 is 0 Å². The van der Waals surface area contributed by atoms with Gasteiger partial charge in [0.05, 0.1) is 10.9 Å².